The van der Waals surface area contributed by atoms with E-state index in [1.807, 2.05) is 30.3 Å². The van der Waals surface area contributed by atoms with Crippen LogP contribution in [0.1, 0.15) is 24.4 Å². The molecule has 0 bridgehead atoms. The van der Waals surface area contributed by atoms with Gasteiger partial charge in [-0.15, -0.1) is 0 Å². The molecule has 1 fully saturated rings. The monoisotopic (exact) mass is 205 g/mol. The highest BCUT2D eigenvalue weighted by Gasteiger charge is 2.43. The van der Waals surface area contributed by atoms with Crippen molar-refractivity contribution in [2.45, 2.75) is 18.9 Å². The van der Waals surface area contributed by atoms with Crippen LogP contribution in [0.4, 0.5) is 0 Å². The van der Waals surface area contributed by atoms with Crippen LogP contribution in [-0.4, -0.2) is 11.1 Å². The molecule has 0 aromatic heterocycles. The Balaban J connectivity index is 1.89. The average molecular weight is 205 g/mol. The minimum Gasteiger partial charge on any atom is -0.481 e. The van der Waals surface area contributed by atoms with Gasteiger partial charge < -0.3 is 10.8 Å². The number of carboxylic acids is 1. The highest BCUT2D eigenvalue weighted by atomic mass is 16.4. The SMILES string of the molecule is NC(CC1CC1C(=O)O)c1ccccc1. The largest absolute Gasteiger partial charge is 0.481 e. The van der Waals surface area contributed by atoms with E-state index in [0.717, 1.165) is 18.4 Å². The third-order valence-electron chi connectivity index (χ3n) is 3.02. The second-order valence-corrected chi connectivity index (χ2v) is 4.19. The first kappa shape index (κ1) is 10.2. The van der Waals surface area contributed by atoms with Crippen LogP contribution in [0.15, 0.2) is 30.3 Å². The van der Waals surface area contributed by atoms with Crippen LogP contribution in [0.3, 0.4) is 0 Å². The van der Waals surface area contributed by atoms with Crippen molar-refractivity contribution in [3.05, 3.63) is 35.9 Å². The fourth-order valence-corrected chi connectivity index (χ4v) is 1.97. The molecule has 3 unspecified atom stereocenters. The van der Waals surface area contributed by atoms with Gasteiger partial charge in [0.2, 0.25) is 0 Å². The average Bonchev–Trinajstić information content (AvgIpc) is 2.98. The first-order chi connectivity index (χ1) is 7.18. The van der Waals surface area contributed by atoms with Crippen molar-refractivity contribution in [3.63, 3.8) is 0 Å². The summed E-state index contributed by atoms with van der Waals surface area (Å²) in [5.74, 6) is -0.558. The summed E-state index contributed by atoms with van der Waals surface area (Å²) in [6.45, 7) is 0. The Morgan fingerprint density at radius 2 is 2.13 bits per heavy atom. The molecule has 2 rings (SSSR count). The third kappa shape index (κ3) is 2.36. The zero-order chi connectivity index (χ0) is 10.8. The Hall–Kier alpha value is -1.35. The molecule has 1 saturated carbocycles. The smallest absolute Gasteiger partial charge is 0.306 e. The van der Waals surface area contributed by atoms with Gasteiger partial charge in [0.1, 0.15) is 0 Å². The molecule has 80 valence electrons. The maximum absolute atomic E-state index is 10.6. The van der Waals surface area contributed by atoms with E-state index in [0.29, 0.717) is 0 Å². The topological polar surface area (TPSA) is 63.3 Å². The lowest BCUT2D eigenvalue weighted by Crippen LogP contribution is -2.12. The highest BCUT2D eigenvalue weighted by Crippen LogP contribution is 2.43. The highest BCUT2D eigenvalue weighted by molar-refractivity contribution is 5.73. The lowest BCUT2D eigenvalue weighted by atomic mass is 10.0. The molecule has 1 aliphatic carbocycles. The van der Waals surface area contributed by atoms with E-state index in [2.05, 4.69) is 0 Å². The second kappa shape index (κ2) is 4.03. The van der Waals surface area contributed by atoms with Crippen molar-refractivity contribution in [1.82, 2.24) is 0 Å². The van der Waals surface area contributed by atoms with Crippen molar-refractivity contribution in [3.8, 4) is 0 Å². The number of aliphatic carboxylic acids is 1. The van der Waals surface area contributed by atoms with Gasteiger partial charge in [-0.25, -0.2) is 0 Å². The molecule has 3 heteroatoms. The van der Waals surface area contributed by atoms with Gasteiger partial charge in [0.15, 0.2) is 0 Å². The fourth-order valence-electron chi connectivity index (χ4n) is 1.97. The Labute approximate surface area is 88.9 Å². The summed E-state index contributed by atoms with van der Waals surface area (Å²) in [5.41, 5.74) is 7.10. The molecule has 3 nitrogen and oxygen atoms in total. The fraction of sp³-hybridized carbons (Fsp3) is 0.417. The van der Waals surface area contributed by atoms with E-state index >= 15 is 0 Å². The number of rotatable bonds is 4. The van der Waals surface area contributed by atoms with E-state index in [1.54, 1.807) is 0 Å². The maximum atomic E-state index is 10.6. The van der Waals surface area contributed by atoms with Crippen LogP contribution in [0, 0.1) is 11.8 Å². The van der Waals surface area contributed by atoms with Crippen molar-refractivity contribution < 1.29 is 9.90 Å². The molecule has 15 heavy (non-hydrogen) atoms. The van der Waals surface area contributed by atoms with Crippen LogP contribution in [-0.2, 0) is 4.79 Å². The zero-order valence-electron chi connectivity index (χ0n) is 8.47. The molecule has 0 amide bonds. The summed E-state index contributed by atoms with van der Waals surface area (Å²) in [7, 11) is 0. The summed E-state index contributed by atoms with van der Waals surface area (Å²) in [5, 5.41) is 8.77. The number of hydrogen-bond acceptors (Lipinski definition) is 2. The Kier molecular flexibility index (Phi) is 2.73. The standard InChI is InChI=1S/C12H15NO2/c13-11(8-4-2-1-3-5-8)7-9-6-10(9)12(14)15/h1-5,9-11H,6-7,13H2,(H,14,15). The Bertz CT molecular complexity index is 350. The molecule has 0 aliphatic heterocycles. The van der Waals surface area contributed by atoms with E-state index < -0.39 is 5.97 Å². The van der Waals surface area contributed by atoms with Crippen LogP contribution in [0.5, 0.6) is 0 Å². The van der Waals surface area contributed by atoms with Crippen LogP contribution in [0.2, 0.25) is 0 Å². The van der Waals surface area contributed by atoms with Crippen molar-refractivity contribution in [2.24, 2.45) is 17.6 Å². The van der Waals surface area contributed by atoms with Gasteiger partial charge in [-0.3, -0.25) is 4.79 Å². The quantitative estimate of drug-likeness (QED) is 0.787. The summed E-state index contributed by atoms with van der Waals surface area (Å²) in [4.78, 5) is 10.6. The second-order valence-electron chi connectivity index (χ2n) is 4.19. The number of nitrogens with two attached hydrogens (primary N) is 1. The molecule has 0 radical (unpaired) electrons. The van der Waals surface area contributed by atoms with Crippen molar-refractivity contribution in [1.29, 1.82) is 0 Å². The molecule has 3 N–H and O–H groups in total. The van der Waals surface area contributed by atoms with E-state index in [4.69, 9.17) is 10.8 Å². The van der Waals surface area contributed by atoms with Crippen LogP contribution < -0.4 is 5.73 Å². The molecule has 1 aromatic rings. The normalized spacial score (nSPS) is 25.9. The summed E-state index contributed by atoms with van der Waals surface area (Å²) >= 11 is 0. The molecule has 0 heterocycles. The number of carbonyl (C=O) groups is 1. The zero-order valence-corrected chi connectivity index (χ0v) is 8.47. The van der Waals surface area contributed by atoms with E-state index in [1.165, 1.54) is 0 Å². The lowest BCUT2D eigenvalue weighted by molar-refractivity contribution is -0.138. The van der Waals surface area contributed by atoms with Gasteiger partial charge in [0.05, 0.1) is 5.92 Å². The first-order valence-electron chi connectivity index (χ1n) is 5.22. The Morgan fingerprint density at radius 1 is 1.47 bits per heavy atom. The van der Waals surface area contributed by atoms with Gasteiger partial charge in [0.25, 0.3) is 0 Å². The van der Waals surface area contributed by atoms with Crippen LogP contribution in [0.25, 0.3) is 0 Å². The van der Waals surface area contributed by atoms with E-state index in [9.17, 15) is 4.79 Å². The van der Waals surface area contributed by atoms with Gasteiger partial charge in [0, 0.05) is 6.04 Å². The van der Waals surface area contributed by atoms with Gasteiger partial charge in [-0.2, -0.15) is 0 Å². The number of carboxylic acid groups (broad SMARTS) is 1. The van der Waals surface area contributed by atoms with Gasteiger partial charge in [-0.05, 0) is 24.3 Å². The maximum Gasteiger partial charge on any atom is 0.306 e. The Morgan fingerprint density at radius 3 is 2.67 bits per heavy atom. The summed E-state index contributed by atoms with van der Waals surface area (Å²) in [6, 6.07) is 9.81. The molecule has 0 spiro atoms. The molecule has 1 aliphatic rings. The molecular weight excluding hydrogens is 190 g/mol. The molecule has 1 aromatic carbocycles. The summed E-state index contributed by atoms with van der Waals surface area (Å²) in [6.07, 6.45) is 1.57. The molecule has 0 saturated heterocycles. The van der Waals surface area contributed by atoms with Gasteiger partial charge in [-0.1, -0.05) is 30.3 Å². The van der Waals surface area contributed by atoms with Crippen molar-refractivity contribution >= 4 is 5.97 Å². The van der Waals surface area contributed by atoms with Crippen molar-refractivity contribution in [2.75, 3.05) is 0 Å². The number of benzene rings is 1. The first-order valence-corrected chi connectivity index (χ1v) is 5.22. The van der Waals surface area contributed by atoms with Crippen LogP contribution >= 0.6 is 0 Å². The minimum absolute atomic E-state index is 0.0273. The number of hydrogen-bond donors (Lipinski definition) is 2. The third-order valence-corrected chi connectivity index (χ3v) is 3.02. The molecular formula is C12H15NO2. The van der Waals surface area contributed by atoms with E-state index in [-0.39, 0.29) is 17.9 Å². The lowest BCUT2D eigenvalue weighted by Gasteiger charge is -2.10. The summed E-state index contributed by atoms with van der Waals surface area (Å²) < 4.78 is 0. The molecule has 3 atom stereocenters. The predicted octanol–water partition coefficient (Wildman–Crippen LogP) is 1.80. The van der Waals surface area contributed by atoms with Gasteiger partial charge >= 0.3 is 5.97 Å². The predicted molar refractivity (Wildman–Crippen MR) is 57.2 cm³/mol. The minimum atomic E-state index is -0.680.